The first kappa shape index (κ1) is 13.9. The molecule has 98 valence electrons. The van der Waals surface area contributed by atoms with E-state index in [0.29, 0.717) is 0 Å². The van der Waals surface area contributed by atoms with Crippen molar-refractivity contribution in [1.82, 2.24) is 0 Å². The number of aryl methyl sites for hydroxylation is 1. The zero-order chi connectivity index (χ0) is 13.9. The Bertz CT molecular complexity index is 503. The molecular weight excluding hydrogens is 244 g/mol. The zero-order valence-corrected chi connectivity index (χ0v) is 9.87. The number of nitrogens with two attached hydrogens (primary N) is 1. The van der Waals surface area contributed by atoms with Gasteiger partial charge in [0.15, 0.2) is 5.84 Å². The van der Waals surface area contributed by atoms with Crippen LogP contribution in [0.4, 0.5) is 14.5 Å². The van der Waals surface area contributed by atoms with Crippen molar-refractivity contribution in [2.24, 2.45) is 16.8 Å². The van der Waals surface area contributed by atoms with Crippen LogP contribution in [0, 0.1) is 24.5 Å². The normalized spacial score (nSPS) is 13.2. The van der Waals surface area contributed by atoms with Gasteiger partial charge in [-0.25, -0.2) is 8.78 Å². The molecule has 0 fully saturated rings. The van der Waals surface area contributed by atoms with Gasteiger partial charge in [0.05, 0.1) is 11.6 Å². The molecule has 0 radical (unpaired) electrons. The third-order valence-corrected chi connectivity index (χ3v) is 2.46. The molecule has 4 N–H and O–H groups in total. The monoisotopic (exact) mass is 257 g/mol. The van der Waals surface area contributed by atoms with Crippen LogP contribution < -0.4 is 11.1 Å². The molecule has 0 saturated carbocycles. The molecule has 0 spiro atoms. The number of carbonyl (C=O) groups is 1. The maximum atomic E-state index is 13.4. The largest absolute Gasteiger partial charge is 0.409 e. The summed E-state index contributed by atoms with van der Waals surface area (Å²) in [5, 5.41) is 13.2. The summed E-state index contributed by atoms with van der Waals surface area (Å²) in [5.41, 5.74) is 5.08. The molecule has 18 heavy (non-hydrogen) atoms. The highest BCUT2D eigenvalue weighted by molar-refractivity contribution is 6.07. The highest BCUT2D eigenvalue weighted by Gasteiger charge is 2.19. The van der Waals surface area contributed by atoms with Crippen molar-refractivity contribution in [3.63, 3.8) is 0 Å². The Kier molecular flexibility index (Phi) is 4.19. The molecule has 1 atom stereocenters. The second-order valence-electron chi connectivity index (χ2n) is 3.82. The Morgan fingerprint density at radius 3 is 2.61 bits per heavy atom. The van der Waals surface area contributed by atoms with Gasteiger partial charge >= 0.3 is 0 Å². The van der Waals surface area contributed by atoms with E-state index in [1.807, 2.05) is 0 Å². The number of halogens is 2. The minimum Gasteiger partial charge on any atom is -0.409 e. The van der Waals surface area contributed by atoms with E-state index in [9.17, 15) is 13.6 Å². The summed E-state index contributed by atoms with van der Waals surface area (Å²) in [5.74, 6) is -3.37. The Hall–Kier alpha value is -2.18. The number of nitrogens with one attached hydrogen (secondary N) is 1. The van der Waals surface area contributed by atoms with Gasteiger partial charge in [-0.2, -0.15) is 0 Å². The van der Waals surface area contributed by atoms with Gasteiger partial charge in [-0.05, 0) is 25.5 Å². The molecule has 1 aromatic rings. The van der Waals surface area contributed by atoms with Gasteiger partial charge in [0.1, 0.15) is 11.6 Å². The lowest BCUT2D eigenvalue weighted by molar-refractivity contribution is -0.117. The Labute approximate surface area is 102 Å². The molecule has 1 amide bonds. The zero-order valence-electron chi connectivity index (χ0n) is 9.87. The van der Waals surface area contributed by atoms with Crippen LogP contribution in [0.5, 0.6) is 0 Å². The van der Waals surface area contributed by atoms with Crippen molar-refractivity contribution >= 4 is 17.4 Å². The van der Waals surface area contributed by atoms with E-state index in [-0.39, 0.29) is 17.1 Å². The molecule has 0 heterocycles. The number of benzene rings is 1. The first-order valence-electron chi connectivity index (χ1n) is 5.10. The Morgan fingerprint density at radius 2 is 2.06 bits per heavy atom. The van der Waals surface area contributed by atoms with Gasteiger partial charge < -0.3 is 16.3 Å². The average Bonchev–Trinajstić information content (AvgIpc) is 2.33. The van der Waals surface area contributed by atoms with Crippen LogP contribution >= 0.6 is 0 Å². The topological polar surface area (TPSA) is 87.7 Å². The summed E-state index contributed by atoms with van der Waals surface area (Å²) in [4.78, 5) is 11.6. The smallest absolute Gasteiger partial charge is 0.235 e. The van der Waals surface area contributed by atoms with Crippen LogP contribution in [-0.4, -0.2) is 17.0 Å². The minimum atomic E-state index is -0.959. The lowest BCUT2D eigenvalue weighted by Crippen LogP contribution is -2.32. The van der Waals surface area contributed by atoms with Crippen LogP contribution in [0.3, 0.4) is 0 Å². The highest BCUT2D eigenvalue weighted by atomic mass is 19.1. The lowest BCUT2D eigenvalue weighted by Gasteiger charge is -2.12. The van der Waals surface area contributed by atoms with E-state index in [0.717, 1.165) is 12.1 Å². The average molecular weight is 257 g/mol. The number of hydrogen-bond donors (Lipinski definition) is 3. The summed E-state index contributed by atoms with van der Waals surface area (Å²) in [6.07, 6.45) is 0. The van der Waals surface area contributed by atoms with Crippen LogP contribution in [0.2, 0.25) is 0 Å². The first-order chi connectivity index (χ1) is 8.36. The highest BCUT2D eigenvalue weighted by Crippen LogP contribution is 2.19. The van der Waals surface area contributed by atoms with Gasteiger partial charge in [-0.15, -0.1) is 0 Å². The molecule has 1 rings (SSSR count). The quantitative estimate of drug-likeness (QED) is 0.332. The summed E-state index contributed by atoms with van der Waals surface area (Å²) in [7, 11) is 0. The molecule has 0 aliphatic heterocycles. The molecule has 5 nitrogen and oxygen atoms in total. The van der Waals surface area contributed by atoms with E-state index in [4.69, 9.17) is 10.9 Å². The number of nitrogens with zero attached hydrogens (tertiary/aromatic N) is 1. The van der Waals surface area contributed by atoms with Crippen LogP contribution in [-0.2, 0) is 4.79 Å². The number of hydrogen-bond acceptors (Lipinski definition) is 3. The number of oxime groups is 1. The van der Waals surface area contributed by atoms with Crippen molar-refractivity contribution in [2.75, 3.05) is 5.32 Å². The number of amides is 1. The molecule has 0 aromatic heterocycles. The second-order valence-corrected chi connectivity index (χ2v) is 3.82. The standard InChI is InChI=1S/C11H13F2N3O2/c1-5-3-8(13)9(4-7(5)12)15-11(17)6(2)10(14)16-18/h3-4,6,18H,1-2H3,(H2,14,16)(H,15,17). The van der Waals surface area contributed by atoms with Crippen LogP contribution in [0.25, 0.3) is 0 Å². The van der Waals surface area contributed by atoms with E-state index in [1.54, 1.807) is 0 Å². The fourth-order valence-electron chi connectivity index (χ4n) is 1.20. The third kappa shape index (κ3) is 2.93. The van der Waals surface area contributed by atoms with Crippen LogP contribution in [0.15, 0.2) is 17.3 Å². The molecule has 1 aromatic carbocycles. The third-order valence-electron chi connectivity index (χ3n) is 2.46. The molecular formula is C11H13F2N3O2. The van der Waals surface area contributed by atoms with E-state index < -0.39 is 23.5 Å². The summed E-state index contributed by atoms with van der Waals surface area (Å²) >= 11 is 0. The van der Waals surface area contributed by atoms with E-state index in [2.05, 4.69) is 10.5 Å². The van der Waals surface area contributed by atoms with Gasteiger partial charge in [0.25, 0.3) is 0 Å². The van der Waals surface area contributed by atoms with Crippen molar-refractivity contribution in [3.8, 4) is 0 Å². The second kappa shape index (κ2) is 5.44. The predicted molar refractivity (Wildman–Crippen MR) is 62.3 cm³/mol. The summed E-state index contributed by atoms with van der Waals surface area (Å²) < 4.78 is 26.7. The number of amidine groups is 1. The summed E-state index contributed by atoms with van der Waals surface area (Å²) in [6.45, 7) is 2.77. The maximum absolute atomic E-state index is 13.4. The molecule has 1 unspecified atom stereocenters. The van der Waals surface area contributed by atoms with Crippen molar-refractivity contribution in [1.29, 1.82) is 0 Å². The molecule has 0 aliphatic rings. The number of carbonyl (C=O) groups excluding carboxylic acids is 1. The van der Waals surface area contributed by atoms with Gasteiger partial charge in [0.2, 0.25) is 5.91 Å². The Morgan fingerprint density at radius 1 is 1.44 bits per heavy atom. The van der Waals surface area contributed by atoms with Crippen molar-refractivity contribution in [3.05, 3.63) is 29.3 Å². The SMILES string of the molecule is Cc1cc(F)c(NC(=O)C(C)/C(N)=N/O)cc1F. The molecule has 0 bridgehead atoms. The molecule has 0 aliphatic carbocycles. The molecule has 7 heteroatoms. The maximum Gasteiger partial charge on any atom is 0.235 e. The fraction of sp³-hybridized carbons (Fsp3) is 0.273. The van der Waals surface area contributed by atoms with E-state index in [1.165, 1.54) is 13.8 Å². The fourth-order valence-corrected chi connectivity index (χ4v) is 1.20. The van der Waals surface area contributed by atoms with Crippen molar-refractivity contribution < 1.29 is 18.8 Å². The van der Waals surface area contributed by atoms with Gasteiger partial charge in [-0.3, -0.25) is 4.79 Å². The Balaban J connectivity index is 2.92. The van der Waals surface area contributed by atoms with Gasteiger partial charge in [0, 0.05) is 6.07 Å². The number of rotatable bonds is 3. The van der Waals surface area contributed by atoms with Crippen molar-refractivity contribution in [2.45, 2.75) is 13.8 Å². The molecule has 0 saturated heterocycles. The number of anilines is 1. The minimum absolute atomic E-state index is 0.134. The van der Waals surface area contributed by atoms with Gasteiger partial charge in [-0.1, -0.05) is 5.16 Å². The van der Waals surface area contributed by atoms with E-state index >= 15 is 0 Å². The lowest BCUT2D eigenvalue weighted by atomic mass is 10.1. The predicted octanol–water partition coefficient (Wildman–Crippen LogP) is 1.59. The summed E-state index contributed by atoms with van der Waals surface area (Å²) in [6, 6.07) is 1.85. The first-order valence-corrected chi connectivity index (χ1v) is 5.10. The van der Waals surface area contributed by atoms with Crippen LogP contribution in [0.1, 0.15) is 12.5 Å².